The highest BCUT2D eigenvalue weighted by molar-refractivity contribution is 5.98. The number of hydrogen-bond donors (Lipinski definition) is 3. The number of hydrazine groups is 1. The van der Waals surface area contributed by atoms with Gasteiger partial charge in [0.25, 0.3) is 0 Å². The number of benzene rings is 3. The summed E-state index contributed by atoms with van der Waals surface area (Å²) in [7, 11) is 4.99. The van der Waals surface area contributed by atoms with Gasteiger partial charge in [-0.05, 0) is 42.2 Å². The fourth-order valence-corrected chi connectivity index (χ4v) is 4.39. The zero-order valence-corrected chi connectivity index (χ0v) is 25.2. The molecule has 1 amide bonds. The maximum absolute atomic E-state index is 12.4. The van der Waals surface area contributed by atoms with E-state index in [-0.39, 0.29) is 17.3 Å². The molecule has 4 rings (SSSR count). The molecule has 10 heteroatoms. The summed E-state index contributed by atoms with van der Waals surface area (Å²) in [6.45, 7) is 12.4. The predicted octanol–water partition coefficient (Wildman–Crippen LogP) is 5.88. The van der Waals surface area contributed by atoms with Gasteiger partial charge in [-0.25, -0.2) is 10.8 Å². The van der Waals surface area contributed by atoms with Crippen LogP contribution in [0.15, 0.2) is 79.3 Å². The van der Waals surface area contributed by atoms with Crippen LogP contribution in [0.25, 0.3) is 10.8 Å². The number of nitrogens with one attached hydrogen (secondary N) is 2. The van der Waals surface area contributed by atoms with Crippen molar-refractivity contribution in [2.45, 2.75) is 39.2 Å². The van der Waals surface area contributed by atoms with E-state index in [1.165, 1.54) is 15.5 Å². The molecule has 10 nitrogen and oxygen atoms in total. The van der Waals surface area contributed by atoms with Crippen LogP contribution in [-0.2, 0) is 10.2 Å². The van der Waals surface area contributed by atoms with Gasteiger partial charge in [0.15, 0.2) is 0 Å². The Labute approximate surface area is 247 Å². The van der Waals surface area contributed by atoms with Crippen LogP contribution >= 0.6 is 0 Å². The molecule has 4 N–H and O–H groups in total. The Morgan fingerprint density at radius 2 is 1.64 bits per heavy atom. The number of amides is 1. The van der Waals surface area contributed by atoms with Crippen molar-refractivity contribution in [3.05, 3.63) is 84.8 Å². The number of nitrogens with two attached hydrogens (primary N) is 1. The van der Waals surface area contributed by atoms with Gasteiger partial charge in [0.1, 0.15) is 23.4 Å². The maximum atomic E-state index is 12.4. The van der Waals surface area contributed by atoms with Gasteiger partial charge in [-0.15, -0.1) is 0 Å². The van der Waals surface area contributed by atoms with Crippen molar-refractivity contribution in [2.75, 3.05) is 36.8 Å². The van der Waals surface area contributed by atoms with E-state index < -0.39 is 6.04 Å². The van der Waals surface area contributed by atoms with E-state index in [0.29, 0.717) is 17.5 Å². The van der Waals surface area contributed by atoms with Crippen molar-refractivity contribution in [1.82, 2.24) is 14.9 Å². The third-order valence-corrected chi connectivity index (χ3v) is 6.80. The van der Waals surface area contributed by atoms with Crippen LogP contribution < -0.4 is 31.0 Å². The van der Waals surface area contributed by atoms with Crippen LogP contribution in [0.4, 0.5) is 17.3 Å². The highest BCUT2D eigenvalue weighted by Gasteiger charge is 2.23. The fraction of sp³-hybridized carbons (Fsp3) is 0.281. The first-order valence-electron chi connectivity index (χ1n) is 13.6. The van der Waals surface area contributed by atoms with Gasteiger partial charge >= 0.3 is 0 Å². The number of methoxy groups -OCH3 is 1. The van der Waals surface area contributed by atoms with E-state index in [1.54, 1.807) is 40.4 Å². The summed E-state index contributed by atoms with van der Waals surface area (Å²) >= 11 is 0. The summed E-state index contributed by atoms with van der Waals surface area (Å²) in [6.07, 6.45) is 1.54. The number of aromatic nitrogens is 2. The van der Waals surface area contributed by atoms with E-state index in [1.807, 2.05) is 42.5 Å². The number of carbonyl (C=O) groups excluding carboxylic acids is 1. The Morgan fingerprint density at radius 1 is 0.976 bits per heavy atom. The third-order valence-electron chi connectivity index (χ3n) is 6.80. The lowest BCUT2D eigenvalue weighted by Gasteiger charge is -2.25. The molecular weight excluding hydrogens is 530 g/mol. The molecule has 0 saturated heterocycles. The van der Waals surface area contributed by atoms with Gasteiger partial charge < -0.3 is 25.0 Å². The Kier molecular flexibility index (Phi) is 8.87. The summed E-state index contributed by atoms with van der Waals surface area (Å²) in [5.74, 6) is 8.38. The predicted molar refractivity (Wildman–Crippen MR) is 169 cm³/mol. The minimum atomic E-state index is -0.654. The third kappa shape index (κ3) is 6.72. The standard InChI is InChI=1S/C32H39N7O3/c1-20(30(40)38(6)7)39(33)31-34-18-17-29(37-31)42-27-16-14-25(23-11-9-10-12-24(23)27)35-21(2)36-26-19-22(32(3,4)5)13-15-28(26)41-8/h9-20,35-36H,2,33H2,1,3-8H3. The number of nitrogens with zero attached hydrogens (tertiary/aromatic N) is 4. The highest BCUT2D eigenvalue weighted by atomic mass is 16.5. The minimum Gasteiger partial charge on any atom is -0.495 e. The van der Waals surface area contributed by atoms with Crippen molar-refractivity contribution in [3.8, 4) is 17.4 Å². The molecule has 220 valence electrons. The number of carbonyl (C=O) groups is 1. The normalized spacial score (nSPS) is 11.9. The Balaban J connectivity index is 1.57. The number of rotatable bonds is 10. The molecule has 0 aliphatic rings. The van der Waals surface area contributed by atoms with Gasteiger partial charge in [0, 0.05) is 42.8 Å². The van der Waals surface area contributed by atoms with Gasteiger partial charge in [0.2, 0.25) is 17.7 Å². The lowest BCUT2D eigenvalue weighted by Crippen LogP contribution is -2.49. The molecule has 0 radical (unpaired) electrons. The van der Waals surface area contributed by atoms with E-state index in [4.69, 9.17) is 15.3 Å². The highest BCUT2D eigenvalue weighted by Crippen LogP contribution is 2.36. The lowest BCUT2D eigenvalue weighted by molar-refractivity contribution is -0.129. The van der Waals surface area contributed by atoms with Crippen molar-refractivity contribution in [2.24, 2.45) is 5.84 Å². The molecule has 1 heterocycles. The Hall–Kier alpha value is -4.83. The van der Waals surface area contributed by atoms with Crippen LogP contribution in [-0.4, -0.2) is 48.0 Å². The number of hydrogen-bond acceptors (Lipinski definition) is 9. The Morgan fingerprint density at radius 3 is 2.31 bits per heavy atom. The Bertz CT molecular complexity index is 1600. The summed E-state index contributed by atoms with van der Waals surface area (Å²) in [4.78, 5) is 22.5. The summed E-state index contributed by atoms with van der Waals surface area (Å²) in [5.41, 5.74) is 2.82. The van der Waals surface area contributed by atoms with Gasteiger partial charge in [-0.1, -0.05) is 57.7 Å². The number of fused-ring (bicyclic) bond motifs is 1. The largest absolute Gasteiger partial charge is 0.495 e. The molecule has 3 aromatic carbocycles. The molecule has 1 atom stereocenters. The van der Waals surface area contributed by atoms with Crippen LogP contribution in [0.5, 0.6) is 17.4 Å². The second kappa shape index (κ2) is 12.4. The van der Waals surface area contributed by atoms with Gasteiger partial charge in [-0.3, -0.25) is 9.80 Å². The van der Waals surface area contributed by atoms with E-state index >= 15 is 0 Å². The first kappa shape index (κ1) is 30.1. The van der Waals surface area contributed by atoms with Crippen molar-refractivity contribution >= 4 is 34.0 Å². The zero-order chi connectivity index (χ0) is 30.6. The SMILES string of the molecule is C=C(Nc1cc(C(C)(C)C)ccc1OC)Nc1ccc(Oc2ccnc(N(N)C(C)C(=O)N(C)C)n2)c2ccccc12. The molecular formula is C32H39N7O3. The van der Waals surface area contributed by atoms with Crippen molar-refractivity contribution < 1.29 is 14.3 Å². The van der Waals surface area contributed by atoms with E-state index in [9.17, 15) is 4.79 Å². The summed E-state index contributed by atoms with van der Waals surface area (Å²) < 4.78 is 11.8. The molecule has 1 aromatic heterocycles. The average Bonchev–Trinajstić information content (AvgIpc) is 2.96. The smallest absolute Gasteiger partial charge is 0.246 e. The quantitative estimate of drug-likeness (QED) is 0.159. The molecule has 0 aliphatic carbocycles. The second-order valence-corrected chi connectivity index (χ2v) is 11.2. The minimum absolute atomic E-state index is 0.0156. The van der Waals surface area contributed by atoms with Crippen LogP contribution in [0.3, 0.4) is 0 Å². The average molecular weight is 570 g/mol. The molecule has 0 saturated carbocycles. The molecule has 0 spiro atoms. The van der Waals surface area contributed by atoms with E-state index in [2.05, 4.69) is 60.1 Å². The number of anilines is 3. The molecule has 4 aromatic rings. The van der Waals surface area contributed by atoms with Crippen LogP contribution in [0.2, 0.25) is 0 Å². The number of likely N-dealkylation sites (N-methyl/N-ethyl adjacent to an activating group) is 1. The molecule has 0 bridgehead atoms. The molecule has 0 aliphatic heterocycles. The number of ether oxygens (including phenoxy) is 2. The molecule has 1 unspecified atom stereocenters. The summed E-state index contributed by atoms with van der Waals surface area (Å²) in [6, 6.07) is 18.7. The monoisotopic (exact) mass is 569 g/mol. The lowest BCUT2D eigenvalue weighted by atomic mass is 9.87. The van der Waals surface area contributed by atoms with Gasteiger partial charge in [-0.2, -0.15) is 4.98 Å². The van der Waals surface area contributed by atoms with Crippen molar-refractivity contribution in [3.63, 3.8) is 0 Å². The van der Waals surface area contributed by atoms with Crippen molar-refractivity contribution in [1.29, 1.82) is 0 Å². The zero-order valence-electron chi connectivity index (χ0n) is 25.2. The topological polar surface area (TPSA) is 118 Å². The maximum Gasteiger partial charge on any atom is 0.246 e. The fourth-order valence-electron chi connectivity index (χ4n) is 4.39. The van der Waals surface area contributed by atoms with E-state index in [0.717, 1.165) is 27.9 Å². The first-order valence-corrected chi connectivity index (χ1v) is 13.6. The second-order valence-electron chi connectivity index (χ2n) is 11.2. The van der Waals surface area contributed by atoms with Crippen LogP contribution in [0, 0.1) is 0 Å². The first-order chi connectivity index (χ1) is 19.9. The molecule has 42 heavy (non-hydrogen) atoms. The molecule has 0 fully saturated rings. The summed E-state index contributed by atoms with van der Waals surface area (Å²) in [5, 5.41) is 9.76. The van der Waals surface area contributed by atoms with Crippen LogP contribution in [0.1, 0.15) is 33.3 Å². The van der Waals surface area contributed by atoms with Gasteiger partial charge in [0.05, 0.1) is 12.8 Å².